The fourth-order valence-corrected chi connectivity index (χ4v) is 3.20. The number of rotatable bonds is 5. The van der Waals surface area contributed by atoms with Gasteiger partial charge in [-0.1, -0.05) is 43.7 Å². The minimum Gasteiger partial charge on any atom is -0.337 e. The zero-order chi connectivity index (χ0) is 14.6. The van der Waals surface area contributed by atoms with E-state index in [2.05, 4.69) is 31.3 Å². The Kier molecular flexibility index (Phi) is 4.81. The number of carbonyl (C=O) groups excluding carboxylic acids is 1. The summed E-state index contributed by atoms with van der Waals surface area (Å²) in [5.74, 6) is 0.244. The lowest BCUT2D eigenvalue weighted by atomic mass is 9.89. The molecule has 0 bridgehead atoms. The number of benzene rings is 1. The van der Waals surface area contributed by atoms with Crippen LogP contribution >= 0.6 is 0 Å². The lowest BCUT2D eigenvalue weighted by Crippen LogP contribution is -2.54. The molecule has 3 heteroatoms. The van der Waals surface area contributed by atoms with Gasteiger partial charge in [0.1, 0.15) is 0 Å². The zero-order valence-corrected chi connectivity index (χ0v) is 12.9. The molecule has 1 aliphatic heterocycles. The topological polar surface area (TPSA) is 32.3 Å². The summed E-state index contributed by atoms with van der Waals surface area (Å²) in [5.41, 5.74) is 0.861. The largest absolute Gasteiger partial charge is 0.337 e. The van der Waals surface area contributed by atoms with Crippen LogP contribution in [0.25, 0.3) is 0 Å². The van der Waals surface area contributed by atoms with Gasteiger partial charge in [0, 0.05) is 7.05 Å². The molecule has 20 heavy (non-hydrogen) atoms. The van der Waals surface area contributed by atoms with Crippen LogP contribution in [0, 0.1) is 0 Å². The second kappa shape index (κ2) is 6.40. The van der Waals surface area contributed by atoms with E-state index in [1.54, 1.807) is 0 Å². The molecule has 110 valence electrons. The number of nitrogens with zero attached hydrogens (tertiary/aromatic N) is 1. The Morgan fingerprint density at radius 3 is 2.65 bits per heavy atom. The van der Waals surface area contributed by atoms with E-state index < -0.39 is 0 Å². The number of hydrogen-bond donors (Lipinski definition) is 1. The summed E-state index contributed by atoms with van der Waals surface area (Å²) in [6.45, 7) is 5.21. The van der Waals surface area contributed by atoms with Crippen molar-refractivity contribution in [1.82, 2.24) is 10.2 Å². The van der Waals surface area contributed by atoms with Crippen LogP contribution in [0.4, 0.5) is 0 Å². The summed E-state index contributed by atoms with van der Waals surface area (Å²) in [7, 11) is 1.93. The van der Waals surface area contributed by atoms with Crippen molar-refractivity contribution in [3.05, 3.63) is 35.9 Å². The molecule has 1 heterocycles. The van der Waals surface area contributed by atoms with Crippen molar-refractivity contribution in [2.45, 2.75) is 51.1 Å². The van der Waals surface area contributed by atoms with E-state index in [0.717, 1.165) is 32.2 Å². The van der Waals surface area contributed by atoms with Crippen LogP contribution in [0.2, 0.25) is 0 Å². The van der Waals surface area contributed by atoms with Gasteiger partial charge in [-0.2, -0.15) is 0 Å². The highest BCUT2D eigenvalue weighted by molar-refractivity contribution is 5.87. The second-order valence-corrected chi connectivity index (χ2v) is 5.87. The Morgan fingerprint density at radius 1 is 1.40 bits per heavy atom. The third kappa shape index (κ3) is 2.88. The number of carbonyl (C=O) groups is 1. The molecule has 1 saturated heterocycles. The van der Waals surface area contributed by atoms with Crippen molar-refractivity contribution < 1.29 is 4.79 Å². The third-order valence-electron chi connectivity index (χ3n) is 4.51. The van der Waals surface area contributed by atoms with Crippen LogP contribution in [-0.2, 0) is 4.79 Å². The van der Waals surface area contributed by atoms with Crippen LogP contribution in [0.15, 0.2) is 30.3 Å². The first kappa shape index (κ1) is 15.0. The molecular weight excluding hydrogens is 248 g/mol. The maximum Gasteiger partial charge on any atom is 0.243 e. The summed E-state index contributed by atoms with van der Waals surface area (Å²) >= 11 is 0. The van der Waals surface area contributed by atoms with Gasteiger partial charge in [-0.3, -0.25) is 4.79 Å². The highest BCUT2D eigenvalue weighted by atomic mass is 16.2. The number of amides is 1. The van der Waals surface area contributed by atoms with Gasteiger partial charge in [0.15, 0.2) is 0 Å². The van der Waals surface area contributed by atoms with E-state index in [1.165, 1.54) is 5.56 Å². The molecule has 1 amide bonds. The number of hydrogen-bond acceptors (Lipinski definition) is 2. The quantitative estimate of drug-likeness (QED) is 0.894. The standard InChI is InChI=1S/C17H26N2O/c1-4-11-17(12-8-13-18-17)16(20)19(3)14(2)15-9-6-5-7-10-15/h5-7,9-10,14,18H,4,8,11-13H2,1-3H3. The van der Waals surface area contributed by atoms with E-state index in [9.17, 15) is 4.79 Å². The minimum absolute atomic E-state index is 0.111. The molecule has 0 spiro atoms. The van der Waals surface area contributed by atoms with Crippen molar-refractivity contribution in [3.8, 4) is 0 Å². The Morgan fingerprint density at radius 2 is 2.10 bits per heavy atom. The average molecular weight is 274 g/mol. The lowest BCUT2D eigenvalue weighted by molar-refractivity contribution is -0.138. The highest BCUT2D eigenvalue weighted by Crippen LogP contribution is 2.30. The van der Waals surface area contributed by atoms with Crippen LogP contribution in [0.5, 0.6) is 0 Å². The van der Waals surface area contributed by atoms with Crippen molar-refractivity contribution in [2.24, 2.45) is 0 Å². The average Bonchev–Trinajstić information content (AvgIpc) is 2.96. The Hall–Kier alpha value is -1.35. The predicted molar refractivity (Wildman–Crippen MR) is 82.5 cm³/mol. The maximum absolute atomic E-state index is 12.9. The van der Waals surface area contributed by atoms with Gasteiger partial charge in [-0.05, 0) is 38.3 Å². The molecule has 0 saturated carbocycles. The minimum atomic E-state index is -0.327. The molecule has 0 radical (unpaired) electrons. The molecule has 0 aliphatic carbocycles. The van der Waals surface area contributed by atoms with Crippen molar-refractivity contribution in [2.75, 3.05) is 13.6 Å². The van der Waals surface area contributed by atoms with Gasteiger partial charge in [0.05, 0.1) is 11.6 Å². The van der Waals surface area contributed by atoms with E-state index in [1.807, 2.05) is 30.1 Å². The monoisotopic (exact) mass is 274 g/mol. The van der Waals surface area contributed by atoms with Crippen LogP contribution < -0.4 is 5.32 Å². The molecule has 1 aromatic carbocycles. The number of nitrogens with one attached hydrogen (secondary N) is 1. The molecule has 0 aromatic heterocycles. The fourth-order valence-electron chi connectivity index (χ4n) is 3.20. The molecule has 3 nitrogen and oxygen atoms in total. The summed E-state index contributed by atoms with van der Waals surface area (Å²) < 4.78 is 0. The first-order valence-corrected chi connectivity index (χ1v) is 7.68. The molecule has 1 fully saturated rings. The second-order valence-electron chi connectivity index (χ2n) is 5.87. The van der Waals surface area contributed by atoms with E-state index in [-0.39, 0.29) is 17.5 Å². The van der Waals surface area contributed by atoms with Gasteiger partial charge in [0.25, 0.3) is 0 Å². The molecule has 1 N–H and O–H groups in total. The first-order chi connectivity index (χ1) is 9.60. The first-order valence-electron chi connectivity index (χ1n) is 7.68. The van der Waals surface area contributed by atoms with Gasteiger partial charge >= 0.3 is 0 Å². The Balaban J connectivity index is 2.15. The Bertz CT molecular complexity index is 438. The van der Waals surface area contributed by atoms with Crippen molar-refractivity contribution in [3.63, 3.8) is 0 Å². The van der Waals surface area contributed by atoms with Gasteiger partial charge < -0.3 is 10.2 Å². The van der Waals surface area contributed by atoms with Gasteiger partial charge in [-0.25, -0.2) is 0 Å². The smallest absolute Gasteiger partial charge is 0.243 e. The van der Waals surface area contributed by atoms with E-state index in [4.69, 9.17) is 0 Å². The van der Waals surface area contributed by atoms with Crippen LogP contribution in [-0.4, -0.2) is 29.9 Å². The Labute approximate surface area is 122 Å². The predicted octanol–water partition coefficient (Wildman–Crippen LogP) is 3.13. The molecule has 1 aliphatic rings. The molecule has 1 aromatic rings. The molecule has 2 atom stereocenters. The van der Waals surface area contributed by atoms with E-state index in [0.29, 0.717) is 0 Å². The zero-order valence-electron chi connectivity index (χ0n) is 12.9. The summed E-state index contributed by atoms with van der Waals surface area (Å²) in [6, 6.07) is 10.3. The highest BCUT2D eigenvalue weighted by Gasteiger charge is 2.42. The van der Waals surface area contributed by atoms with Gasteiger partial charge in [-0.15, -0.1) is 0 Å². The normalized spacial score (nSPS) is 23.6. The summed E-state index contributed by atoms with van der Waals surface area (Å²) in [4.78, 5) is 14.8. The molecular formula is C17H26N2O. The molecule has 2 unspecified atom stereocenters. The van der Waals surface area contributed by atoms with Gasteiger partial charge in [0.2, 0.25) is 5.91 Å². The lowest BCUT2D eigenvalue weighted by Gasteiger charge is -2.35. The SMILES string of the molecule is CCCC1(C(=O)N(C)C(C)c2ccccc2)CCCN1. The van der Waals surface area contributed by atoms with Crippen LogP contribution in [0.1, 0.15) is 51.1 Å². The molecule has 2 rings (SSSR count). The summed E-state index contributed by atoms with van der Waals surface area (Å²) in [5, 5.41) is 3.47. The third-order valence-corrected chi connectivity index (χ3v) is 4.51. The summed E-state index contributed by atoms with van der Waals surface area (Å²) in [6.07, 6.45) is 4.02. The van der Waals surface area contributed by atoms with E-state index >= 15 is 0 Å². The number of likely N-dealkylation sites (N-methyl/N-ethyl adjacent to an activating group) is 1. The van der Waals surface area contributed by atoms with Crippen molar-refractivity contribution in [1.29, 1.82) is 0 Å². The van der Waals surface area contributed by atoms with Crippen molar-refractivity contribution >= 4 is 5.91 Å². The fraction of sp³-hybridized carbons (Fsp3) is 0.588. The maximum atomic E-state index is 12.9. The van der Waals surface area contributed by atoms with Crippen LogP contribution in [0.3, 0.4) is 0 Å².